The third-order valence-corrected chi connectivity index (χ3v) is 3.73. The minimum Gasteiger partial charge on any atom is -0.361 e. The van der Waals surface area contributed by atoms with Gasteiger partial charge in [0.25, 0.3) is 5.91 Å². The Morgan fingerprint density at radius 1 is 1.14 bits per heavy atom. The number of hydrogen-bond donors (Lipinski definition) is 1. The molecule has 0 aliphatic rings. The molecule has 0 unspecified atom stereocenters. The van der Waals surface area contributed by atoms with Crippen molar-refractivity contribution in [2.75, 3.05) is 7.05 Å². The number of nitrogens with one attached hydrogen (secondary N) is 1. The van der Waals surface area contributed by atoms with Gasteiger partial charge in [-0.3, -0.25) is 4.79 Å². The van der Waals surface area contributed by atoms with Gasteiger partial charge in [0.05, 0.1) is 0 Å². The molecule has 21 heavy (non-hydrogen) atoms. The number of fused-ring (bicyclic) bond motifs is 1. The highest BCUT2D eigenvalue weighted by Gasteiger charge is 2.12. The number of hydrogen-bond acceptors (Lipinski definition) is 1. The molecular weight excluding hydrogens is 284 g/mol. The third kappa shape index (κ3) is 2.93. The lowest BCUT2D eigenvalue weighted by Crippen LogP contribution is -2.26. The van der Waals surface area contributed by atoms with Crippen LogP contribution in [-0.4, -0.2) is 22.8 Å². The molecular formula is C17H15ClN2O. The first-order chi connectivity index (χ1) is 10.1. The van der Waals surface area contributed by atoms with Crippen LogP contribution in [0.4, 0.5) is 0 Å². The van der Waals surface area contributed by atoms with Crippen LogP contribution in [0.25, 0.3) is 10.9 Å². The van der Waals surface area contributed by atoms with Gasteiger partial charge >= 0.3 is 0 Å². The maximum Gasteiger partial charge on any atom is 0.253 e. The number of H-pyrrole nitrogens is 1. The average molecular weight is 299 g/mol. The van der Waals surface area contributed by atoms with Crippen molar-refractivity contribution in [3.05, 3.63) is 70.9 Å². The summed E-state index contributed by atoms with van der Waals surface area (Å²) in [5.74, 6) is 0.00745. The van der Waals surface area contributed by atoms with E-state index in [1.807, 2.05) is 54.7 Å². The van der Waals surface area contributed by atoms with E-state index in [0.29, 0.717) is 17.1 Å². The number of carbonyl (C=O) groups excluding carboxylic acids is 1. The highest BCUT2D eigenvalue weighted by atomic mass is 35.5. The number of nitrogens with zero attached hydrogens (tertiary/aromatic N) is 1. The summed E-state index contributed by atoms with van der Waals surface area (Å²) in [6, 6.07) is 15.2. The predicted octanol–water partition coefficient (Wildman–Crippen LogP) is 4.09. The molecule has 4 heteroatoms. The minimum atomic E-state index is 0.00745. The van der Waals surface area contributed by atoms with Gasteiger partial charge in [-0.25, -0.2) is 0 Å². The summed E-state index contributed by atoms with van der Waals surface area (Å²) in [4.78, 5) is 17.3. The maximum absolute atomic E-state index is 12.5. The molecule has 0 bridgehead atoms. The van der Waals surface area contributed by atoms with Gasteiger partial charge in [0.2, 0.25) is 0 Å². The molecule has 106 valence electrons. The van der Waals surface area contributed by atoms with Crippen molar-refractivity contribution < 1.29 is 4.79 Å². The van der Waals surface area contributed by atoms with E-state index in [9.17, 15) is 4.79 Å². The molecule has 0 radical (unpaired) electrons. The van der Waals surface area contributed by atoms with Crippen molar-refractivity contribution >= 4 is 28.4 Å². The molecule has 1 amide bonds. The van der Waals surface area contributed by atoms with Crippen LogP contribution in [0.1, 0.15) is 15.9 Å². The van der Waals surface area contributed by atoms with E-state index in [2.05, 4.69) is 4.98 Å². The molecule has 3 nitrogen and oxygen atoms in total. The first-order valence-corrected chi connectivity index (χ1v) is 7.08. The van der Waals surface area contributed by atoms with E-state index in [0.717, 1.165) is 16.5 Å². The molecule has 2 aromatic carbocycles. The summed E-state index contributed by atoms with van der Waals surface area (Å²) in [5, 5.41) is 1.74. The largest absolute Gasteiger partial charge is 0.361 e. The van der Waals surface area contributed by atoms with E-state index in [1.54, 1.807) is 11.9 Å². The molecule has 3 rings (SSSR count). The van der Waals surface area contributed by atoms with Gasteiger partial charge in [0.1, 0.15) is 0 Å². The molecule has 0 aliphatic carbocycles. The van der Waals surface area contributed by atoms with E-state index in [-0.39, 0.29) is 5.91 Å². The summed E-state index contributed by atoms with van der Waals surface area (Å²) in [5.41, 5.74) is 2.78. The summed E-state index contributed by atoms with van der Waals surface area (Å²) in [6.07, 6.45) is 1.87. The summed E-state index contributed by atoms with van der Waals surface area (Å²) in [6.45, 7) is 0.557. The van der Waals surface area contributed by atoms with E-state index in [1.165, 1.54) is 0 Å². The molecule has 0 saturated heterocycles. The molecule has 0 saturated carbocycles. The molecule has 0 fully saturated rings. The van der Waals surface area contributed by atoms with Crippen LogP contribution >= 0.6 is 11.6 Å². The Hall–Kier alpha value is -2.26. The van der Waals surface area contributed by atoms with Crippen molar-refractivity contribution in [2.24, 2.45) is 0 Å². The highest BCUT2D eigenvalue weighted by Crippen LogP contribution is 2.17. The van der Waals surface area contributed by atoms with E-state index < -0.39 is 0 Å². The van der Waals surface area contributed by atoms with Gasteiger partial charge < -0.3 is 9.88 Å². The van der Waals surface area contributed by atoms with E-state index >= 15 is 0 Å². The Morgan fingerprint density at radius 3 is 2.67 bits per heavy atom. The second kappa shape index (κ2) is 5.62. The van der Waals surface area contributed by atoms with Crippen LogP contribution in [-0.2, 0) is 6.54 Å². The summed E-state index contributed by atoms with van der Waals surface area (Å²) >= 11 is 5.87. The minimum absolute atomic E-state index is 0.00745. The Morgan fingerprint density at radius 2 is 1.90 bits per heavy atom. The number of benzene rings is 2. The molecule has 1 heterocycles. The van der Waals surface area contributed by atoms with Crippen LogP contribution in [0.5, 0.6) is 0 Å². The standard InChI is InChI=1S/C17H15ClN2O/c1-20(11-12-2-5-15(18)6-3-12)17(21)14-4-7-16-13(10-14)8-9-19-16/h2-10,19H,11H2,1H3. The zero-order valence-electron chi connectivity index (χ0n) is 11.6. The van der Waals surface area contributed by atoms with Crippen LogP contribution < -0.4 is 0 Å². The van der Waals surface area contributed by atoms with Crippen LogP contribution in [0, 0.1) is 0 Å². The number of rotatable bonds is 3. The fourth-order valence-corrected chi connectivity index (χ4v) is 2.47. The fraction of sp³-hybridized carbons (Fsp3) is 0.118. The lowest BCUT2D eigenvalue weighted by Gasteiger charge is -2.17. The van der Waals surface area contributed by atoms with E-state index in [4.69, 9.17) is 11.6 Å². The second-order valence-electron chi connectivity index (χ2n) is 5.07. The molecule has 3 aromatic rings. The molecule has 0 aliphatic heterocycles. The first kappa shape index (κ1) is 13.7. The number of halogens is 1. The summed E-state index contributed by atoms with van der Waals surface area (Å²) < 4.78 is 0. The van der Waals surface area contributed by atoms with Gasteiger partial charge in [-0.15, -0.1) is 0 Å². The Bertz CT molecular complexity index is 777. The number of aromatic amines is 1. The lowest BCUT2D eigenvalue weighted by atomic mass is 10.1. The Balaban J connectivity index is 1.78. The van der Waals surface area contributed by atoms with Crippen LogP contribution in [0.15, 0.2) is 54.7 Å². The molecule has 1 N–H and O–H groups in total. The molecule has 0 spiro atoms. The van der Waals surface area contributed by atoms with Crippen molar-refractivity contribution in [2.45, 2.75) is 6.54 Å². The van der Waals surface area contributed by atoms with Crippen molar-refractivity contribution in [3.63, 3.8) is 0 Å². The highest BCUT2D eigenvalue weighted by molar-refractivity contribution is 6.30. The predicted molar refractivity (Wildman–Crippen MR) is 85.5 cm³/mol. The van der Waals surface area contributed by atoms with Gasteiger partial charge in [0, 0.05) is 41.3 Å². The van der Waals surface area contributed by atoms with Crippen molar-refractivity contribution in [1.82, 2.24) is 9.88 Å². The summed E-state index contributed by atoms with van der Waals surface area (Å²) in [7, 11) is 1.80. The Kier molecular flexibility index (Phi) is 3.67. The SMILES string of the molecule is CN(Cc1ccc(Cl)cc1)C(=O)c1ccc2[nH]ccc2c1. The first-order valence-electron chi connectivity index (χ1n) is 6.70. The van der Waals surface area contributed by atoms with Gasteiger partial charge in [0.15, 0.2) is 0 Å². The fourth-order valence-electron chi connectivity index (χ4n) is 2.34. The zero-order chi connectivity index (χ0) is 14.8. The van der Waals surface area contributed by atoms with Gasteiger partial charge in [-0.1, -0.05) is 23.7 Å². The average Bonchev–Trinajstić information content (AvgIpc) is 2.96. The van der Waals surface area contributed by atoms with Crippen molar-refractivity contribution in [3.8, 4) is 0 Å². The Labute approximate surface area is 128 Å². The monoisotopic (exact) mass is 298 g/mol. The molecule has 1 aromatic heterocycles. The topological polar surface area (TPSA) is 36.1 Å². The quantitative estimate of drug-likeness (QED) is 0.776. The third-order valence-electron chi connectivity index (χ3n) is 3.48. The lowest BCUT2D eigenvalue weighted by molar-refractivity contribution is 0.0785. The van der Waals surface area contributed by atoms with Gasteiger partial charge in [-0.2, -0.15) is 0 Å². The number of carbonyl (C=O) groups is 1. The smallest absolute Gasteiger partial charge is 0.253 e. The van der Waals surface area contributed by atoms with Crippen molar-refractivity contribution in [1.29, 1.82) is 0 Å². The van der Waals surface area contributed by atoms with Crippen LogP contribution in [0.2, 0.25) is 5.02 Å². The maximum atomic E-state index is 12.5. The van der Waals surface area contributed by atoms with Gasteiger partial charge in [-0.05, 0) is 42.0 Å². The molecule has 0 atom stereocenters. The number of aromatic nitrogens is 1. The normalized spacial score (nSPS) is 10.8. The zero-order valence-corrected chi connectivity index (χ0v) is 12.4. The van der Waals surface area contributed by atoms with Crippen LogP contribution in [0.3, 0.4) is 0 Å². The second-order valence-corrected chi connectivity index (χ2v) is 5.50. The number of amides is 1.